The summed E-state index contributed by atoms with van der Waals surface area (Å²) in [5.41, 5.74) is 4.43. The second-order valence-electron chi connectivity index (χ2n) is 7.18. The standard InChI is InChI=1S/C25H26N2O3/c1-18-8-6-13-24(19(18)2)29-15-14-27-23-12-5-4-11-22(23)26-25(27)17-30-21-10-7-9-20(16-21)28-3/h4-13,16H,14-15,17H2,1-3H3. The second kappa shape index (κ2) is 8.91. The first-order valence-corrected chi connectivity index (χ1v) is 10.1. The molecule has 0 atom stereocenters. The maximum absolute atomic E-state index is 6.08. The maximum atomic E-state index is 6.08. The Balaban J connectivity index is 1.52. The normalized spacial score (nSPS) is 10.9. The minimum atomic E-state index is 0.366. The molecule has 5 nitrogen and oxygen atoms in total. The van der Waals surface area contributed by atoms with Gasteiger partial charge in [0.2, 0.25) is 0 Å². The van der Waals surface area contributed by atoms with Gasteiger partial charge in [-0.2, -0.15) is 0 Å². The Morgan fingerprint density at radius 1 is 0.867 bits per heavy atom. The van der Waals surface area contributed by atoms with E-state index in [9.17, 15) is 0 Å². The molecular formula is C25H26N2O3. The number of benzene rings is 3. The molecule has 0 fully saturated rings. The van der Waals surface area contributed by atoms with Crippen LogP contribution in [-0.4, -0.2) is 23.3 Å². The first-order valence-electron chi connectivity index (χ1n) is 10.1. The molecule has 0 saturated carbocycles. The van der Waals surface area contributed by atoms with Crippen LogP contribution in [0.2, 0.25) is 0 Å². The van der Waals surface area contributed by atoms with E-state index in [4.69, 9.17) is 19.2 Å². The topological polar surface area (TPSA) is 45.5 Å². The van der Waals surface area contributed by atoms with Gasteiger partial charge in [-0.05, 0) is 55.3 Å². The number of hydrogen-bond acceptors (Lipinski definition) is 4. The fourth-order valence-corrected chi connectivity index (χ4v) is 3.45. The lowest BCUT2D eigenvalue weighted by atomic mass is 10.1. The molecule has 0 bridgehead atoms. The van der Waals surface area contributed by atoms with Crippen molar-refractivity contribution in [2.24, 2.45) is 0 Å². The number of aryl methyl sites for hydroxylation is 1. The van der Waals surface area contributed by atoms with Crippen LogP contribution in [0.1, 0.15) is 17.0 Å². The van der Waals surface area contributed by atoms with Gasteiger partial charge in [0.1, 0.15) is 36.3 Å². The van der Waals surface area contributed by atoms with E-state index >= 15 is 0 Å². The summed E-state index contributed by atoms with van der Waals surface area (Å²) in [6.07, 6.45) is 0. The Morgan fingerprint density at radius 3 is 2.53 bits per heavy atom. The molecule has 0 N–H and O–H groups in total. The molecular weight excluding hydrogens is 376 g/mol. The van der Waals surface area contributed by atoms with Crippen LogP contribution in [0.15, 0.2) is 66.7 Å². The summed E-state index contributed by atoms with van der Waals surface area (Å²) in [4.78, 5) is 4.78. The van der Waals surface area contributed by atoms with E-state index < -0.39 is 0 Å². The van der Waals surface area contributed by atoms with Gasteiger partial charge in [0.15, 0.2) is 0 Å². The molecule has 0 aliphatic carbocycles. The van der Waals surface area contributed by atoms with Gasteiger partial charge in [-0.3, -0.25) is 0 Å². The molecule has 0 aliphatic heterocycles. The van der Waals surface area contributed by atoms with Gasteiger partial charge in [-0.15, -0.1) is 0 Å². The second-order valence-corrected chi connectivity index (χ2v) is 7.18. The summed E-state index contributed by atoms with van der Waals surface area (Å²) in [6.45, 7) is 5.79. The van der Waals surface area contributed by atoms with Gasteiger partial charge in [0, 0.05) is 6.07 Å². The highest BCUT2D eigenvalue weighted by Crippen LogP contribution is 2.23. The maximum Gasteiger partial charge on any atom is 0.148 e. The third-order valence-electron chi connectivity index (χ3n) is 5.27. The fraction of sp³-hybridized carbons (Fsp3) is 0.240. The average molecular weight is 402 g/mol. The van der Waals surface area contributed by atoms with Gasteiger partial charge < -0.3 is 18.8 Å². The van der Waals surface area contributed by atoms with Crippen molar-refractivity contribution < 1.29 is 14.2 Å². The Kier molecular flexibility index (Phi) is 5.89. The van der Waals surface area contributed by atoms with Crippen molar-refractivity contribution >= 4 is 11.0 Å². The van der Waals surface area contributed by atoms with Gasteiger partial charge in [0.05, 0.1) is 24.7 Å². The molecule has 4 aromatic rings. The molecule has 0 saturated heterocycles. The minimum absolute atomic E-state index is 0.366. The van der Waals surface area contributed by atoms with Crippen molar-refractivity contribution in [2.45, 2.75) is 27.0 Å². The predicted octanol–water partition coefficient (Wildman–Crippen LogP) is 5.32. The van der Waals surface area contributed by atoms with E-state index in [0.717, 1.165) is 34.1 Å². The lowest BCUT2D eigenvalue weighted by Crippen LogP contribution is -2.13. The van der Waals surface area contributed by atoms with Crippen LogP contribution < -0.4 is 14.2 Å². The number of nitrogens with zero attached hydrogens (tertiary/aromatic N) is 2. The van der Waals surface area contributed by atoms with Crippen LogP contribution in [-0.2, 0) is 13.2 Å². The highest BCUT2D eigenvalue weighted by atomic mass is 16.5. The van der Waals surface area contributed by atoms with Crippen molar-refractivity contribution in [2.75, 3.05) is 13.7 Å². The summed E-state index contributed by atoms with van der Waals surface area (Å²) in [5.74, 6) is 3.31. The SMILES string of the molecule is COc1cccc(OCc2nc3ccccc3n2CCOc2cccc(C)c2C)c1. The van der Waals surface area contributed by atoms with Gasteiger partial charge in [-0.25, -0.2) is 4.98 Å². The van der Waals surface area contributed by atoms with Crippen molar-refractivity contribution in [3.8, 4) is 17.2 Å². The van der Waals surface area contributed by atoms with Crippen molar-refractivity contribution in [3.05, 3.63) is 83.7 Å². The molecule has 1 heterocycles. The van der Waals surface area contributed by atoms with Gasteiger partial charge in [-0.1, -0.05) is 30.3 Å². The molecule has 3 aromatic carbocycles. The number of aromatic nitrogens is 2. The summed E-state index contributed by atoms with van der Waals surface area (Å²) in [7, 11) is 1.65. The minimum Gasteiger partial charge on any atom is -0.497 e. The zero-order valence-electron chi connectivity index (χ0n) is 17.6. The van der Waals surface area contributed by atoms with Crippen LogP contribution in [0.3, 0.4) is 0 Å². The lowest BCUT2D eigenvalue weighted by Gasteiger charge is -2.14. The Bertz CT molecular complexity index is 1150. The molecule has 30 heavy (non-hydrogen) atoms. The van der Waals surface area contributed by atoms with Crippen LogP contribution in [0.5, 0.6) is 17.2 Å². The van der Waals surface area contributed by atoms with E-state index in [-0.39, 0.29) is 0 Å². The van der Waals surface area contributed by atoms with Crippen molar-refractivity contribution in [1.29, 1.82) is 0 Å². The fourth-order valence-electron chi connectivity index (χ4n) is 3.45. The van der Waals surface area contributed by atoms with E-state index in [0.29, 0.717) is 19.8 Å². The molecule has 0 unspecified atom stereocenters. The Labute approximate surface area is 176 Å². The number of methoxy groups -OCH3 is 1. The monoisotopic (exact) mass is 402 g/mol. The first-order chi connectivity index (χ1) is 14.7. The van der Waals surface area contributed by atoms with Crippen LogP contribution in [0, 0.1) is 13.8 Å². The molecule has 1 aromatic heterocycles. The largest absolute Gasteiger partial charge is 0.497 e. The number of para-hydroxylation sites is 2. The molecule has 0 aliphatic rings. The summed E-state index contributed by atoms with van der Waals surface area (Å²) < 4.78 is 19.5. The zero-order valence-corrected chi connectivity index (χ0v) is 17.6. The van der Waals surface area contributed by atoms with Crippen molar-refractivity contribution in [3.63, 3.8) is 0 Å². The number of ether oxygens (including phenoxy) is 3. The Hall–Kier alpha value is -3.47. The lowest BCUT2D eigenvalue weighted by molar-refractivity contribution is 0.270. The highest BCUT2D eigenvalue weighted by molar-refractivity contribution is 5.75. The predicted molar refractivity (Wildman–Crippen MR) is 118 cm³/mol. The molecule has 154 valence electrons. The Morgan fingerprint density at radius 2 is 1.67 bits per heavy atom. The average Bonchev–Trinajstić information content (AvgIpc) is 3.13. The van der Waals surface area contributed by atoms with E-state index in [2.05, 4.69) is 30.5 Å². The molecule has 0 spiro atoms. The van der Waals surface area contributed by atoms with E-state index in [1.165, 1.54) is 11.1 Å². The summed E-state index contributed by atoms with van der Waals surface area (Å²) in [5, 5.41) is 0. The van der Waals surface area contributed by atoms with Crippen LogP contribution in [0.25, 0.3) is 11.0 Å². The molecule has 5 heteroatoms. The zero-order chi connectivity index (χ0) is 20.9. The number of hydrogen-bond donors (Lipinski definition) is 0. The smallest absolute Gasteiger partial charge is 0.148 e. The molecule has 4 rings (SSSR count). The third-order valence-corrected chi connectivity index (χ3v) is 5.27. The van der Waals surface area contributed by atoms with Crippen molar-refractivity contribution in [1.82, 2.24) is 9.55 Å². The highest BCUT2D eigenvalue weighted by Gasteiger charge is 2.12. The van der Waals surface area contributed by atoms with Crippen LogP contribution >= 0.6 is 0 Å². The summed E-state index contributed by atoms with van der Waals surface area (Å²) >= 11 is 0. The van der Waals surface area contributed by atoms with Gasteiger partial charge in [0.25, 0.3) is 0 Å². The number of fused-ring (bicyclic) bond motifs is 1. The third kappa shape index (κ3) is 4.25. The molecule has 0 radical (unpaired) electrons. The van der Waals surface area contributed by atoms with E-state index in [1.54, 1.807) is 7.11 Å². The summed E-state index contributed by atoms with van der Waals surface area (Å²) in [6, 6.07) is 21.9. The van der Waals surface area contributed by atoms with E-state index in [1.807, 2.05) is 54.6 Å². The number of rotatable bonds is 8. The van der Waals surface area contributed by atoms with Crippen LogP contribution in [0.4, 0.5) is 0 Å². The first kappa shape index (κ1) is 19.8. The van der Waals surface area contributed by atoms with Gasteiger partial charge >= 0.3 is 0 Å². The number of imidazole rings is 1. The quantitative estimate of drug-likeness (QED) is 0.400. The molecule has 0 amide bonds.